The summed E-state index contributed by atoms with van der Waals surface area (Å²) in [5.41, 5.74) is 0.564. The van der Waals surface area contributed by atoms with Crippen LogP contribution in [-0.2, 0) is 0 Å². The molecule has 3 nitrogen and oxygen atoms in total. The van der Waals surface area contributed by atoms with Crippen LogP contribution >= 0.6 is 11.6 Å². The van der Waals surface area contributed by atoms with Gasteiger partial charge in [-0.25, -0.2) is 0 Å². The van der Waals surface area contributed by atoms with Gasteiger partial charge in [-0.15, -0.1) is 0 Å². The second-order valence-corrected chi connectivity index (χ2v) is 5.67. The summed E-state index contributed by atoms with van der Waals surface area (Å²) < 4.78 is 0. The van der Waals surface area contributed by atoms with Crippen molar-refractivity contribution in [3.05, 3.63) is 34.9 Å². The summed E-state index contributed by atoms with van der Waals surface area (Å²) >= 11 is 6.05. The average molecular weight is 266 g/mol. The molecule has 1 heterocycles. The zero-order chi connectivity index (χ0) is 12.7. The van der Waals surface area contributed by atoms with Gasteiger partial charge >= 0.3 is 0 Å². The van der Waals surface area contributed by atoms with Crippen LogP contribution in [-0.4, -0.2) is 35.1 Å². The Morgan fingerprint density at radius 1 is 1.28 bits per heavy atom. The molecule has 1 aromatic rings. The molecule has 4 heteroatoms. The van der Waals surface area contributed by atoms with Crippen LogP contribution in [0.4, 0.5) is 0 Å². The minimum atomic E-state index is -0.237. The molecule has 3 atom stereocenters. The maximum Gasteiger partial charge on any atom is 0.255 e. The van der Waals surface area contributed by atoms with Crippen molar-refractivity contribution >= 4 is 17.5 Å². The highest BCUT2D eigenvalue weighted by Crippen LogP contribution is 2.38. The molecular formula is C14H16ClNO2. The maximum absolute atomic E-state index is 12.4. The average Bonchev–Trinajstić information content (AvgIpc) is 2.92. The Morgan fingerprint density at radius 2 is 2.06 bits per heavy atom. The van der Waals surface area contributed by atoms with Crippen molar-refractivity contribution in [2.45, 2.75) is 18.9 Å². The van der Waals surface area contributed by atoms with Crippen LogP contribution < -0.4 is 0 Å². The Balaban J connectivity index is 1.78. The predicted molar refractivity (Wildman–Crippen MR) is 69.6 cm³/mol. The van der Waals surface area contributed by atoms with Crippen molar-refractivity contribution in [1.29, 1.82) is 0 Å². The molecule has 1 aliphatic heterocycles. The largest absolute Gasteiger partial charge is 0.393 e. The van der Waals surface area contributed by atoms with Crippen molar-refractivity contribution in [1.82, 2.24) is 4.90 Å². The summed E-state index contributed by atoms with van der Waals surface area (Å²) in [5, 5.41) is 10.4. The molecule has 1 saturated carbocycles. The molecule has 3 rings (SSSR count). The predicted octanol–water partition coefficient (Wildman–Crippen LogP) is 2.18. The number of rotatable bonds is 1. The van der Waals surface area contributed by atoms with E-state index in [0.717, 1.165) is 19.4 Å². The standard InChI is InChI=1S/C14H16ClNO2/c15-12-4-2-1-3-10(12)14(18)16-7-9-5-6-13(17)11(9)8-16/h1-4,9,11,13,17H,5-8H2. The zero-order valence-corrected chi connectivity index (χ0v) is 10.8. The van der Waals surface area contributed by atoms with Crippen molar-refractivity contribution in [3.63, 3.8) is 0 Å². The molecule has 3 unspecified atom stereocenters. The number of carbonyl (C=O) groups is 1. The van der Waals surface area contributed by atoms with Gasteiger partial charge < -0.3 is 10.0 Å². The number of fused-ring (bicyclic) bond motifs is 1. The molecule has 1 N–H and O–H groups in total. The van der Waals surface area contributed by atoms with Crippen LogP contribution in [0.5, 0.6) is 0 Å². The molecule has 0 aromatic heterocycles. The Kier molecular flexibility index (Phi) is 3.04. The van der Waals surface area contributed by atoms with Gasteiger partial charge in [-0.2, -0.15) is 0 Å². The smallest absolute Gasteiger partial charge is 0.255 e. The van der Waals surface area contributed by atoms with Gasteiger partial charge in [-0.05, 0) is 30.9 Å². The molecule has 1 aliphatic carbocycles. The third-order valence-corrected chi connectivity index (χ3v) is 4.54. The Bertz CT molecular complexity index is 477. The topological polar surface area (TPSA) is 40.5 Å². The van der Waals surface area contributed by atoms with Crippen LogP contribution in [0, 0.1) is 11.8 Å². The normalized spacial score (nSPS) is 30.6. The summed E-state index contributed by atoms with van der Waals surface area (Å²) in [5.74, 6) is 0.713. The van der Waals surface area contributed by atoms with Gasteiger partial charge in [0.15, 0.2) is 0 Å². The van der Waals surface area contributed by atoms with E-state index in [4.69, 9.17) is 11.6 Å². The number of carbonyl (C=O) groups excluding carboxylic acids is 1. The number of aliphatic hydroxyl groups is 1. The fourth-order valence-electron chi connectivity index (χ4n) is 3.21. The number of nitrogens with zero attached hydrogens (tertiary/aromatic N) is 1. The van der Waals surface area contributed by atoms with Gasteiger partial charge in [0.05, 0.1) is 16.7 Å². The third kappa shape index (κ3) is 1.91. The quantitative estimate of drug-likeness (QED) is 0.846. The minimum absolute atomic E-state index is 0.0119. The first-order valence-electron chi connectivity index (χ1n) is 6.38. The van der Waals surface area contributed by atoms with E-state index in [2.05, 4.69) is 0 Å². The monoisotopic (exact) mass is 265 g/mol. The van der Waals surface area contributed by atoms with Crippen LogP contribution in [0.15, 0.2) is 24.3 Å². The Labute approximate surface area is 111 Å². The fourth-order valence-corrected chi connectivity index (χ4v) is 3.42. The highest BCUT2D eigenvalue weighted by molar-refractivity contribution is 6.33. The third-order valence-electron chi connectivity index (χ3n) is 4.21. The fraction of sp³-hybridized carbons (Fsp3) is 0.500. The first-order valence-corrected chi connectivity index (χ1v) is 6.76. The summed E-state index contributed by atoms with van der Waals surface area (Å²) in [6.07, 6.45) is 1.67. The first-order chi connectivity index (χ1) is 8.66. The lowest BCUT2D eigenvalue weighted by atomic mass is 10.00. The molecule has 0 radical (unpaired) electrons. The maximum atomic E-state index is 12.4. The van der Waals surface area contributed by atoms with Crippen molar-refractivity contribution in [2.24, 2.45) is 11.8 Å². The van der Waals surface area contributed by atoms with Crippen LogP contribution in [0.3, 0.4) is 0 Å². The van der Waals surface area contributed by atoms with Crippen LogP contribution in [0.25, 0.3) is 0 Å². The van der Waals surface area contributed by atoms with E-state index >= 15 is 0 Å². The molecule has 96 valence electrons. The molecule has 1 saturated heterocycles. The molecule has 0 bridgehead atoms. The number of benzene rings is 1. The van der Waals surface area contributed by atoms with E-state index < -0.39 is 0 Å². The number of amides is 1. The molecule has 1 amide bonds. The number of halogens is 1. The lowest BCUT2D eigenvalue weighted by molar-refractivity contribution is 0.0752. The Morgan fingerprint density at radius 3 is 2.78 bits per heavy atom. The van der Waals surface area contributed by atoms with Crippen molar-refractivity contribution < 1.29 is 9.90 Å². The summed E-state index contributed by atoms with van der Waals surface area (Å²) in [6, 6.07) is 7.14. The second kappa shape index (κ2) is 4.56. The van der Waals surface area contributed by atoms with Crippen molar-refractivity contribution in [3.8, 4) is 0 Å². The summed E-state index contributed by atoms with van der Waals surface area (Å²) in [7, 11) is 0. The number of likely N-dealkylation sites (tertiary alicyclic amines) is 1. The van der Waals surface area contributed by atoms with Gasteiger partial charge in [0.25, 0.3) is 5.91 Å². The molecule has 2 aliphatic rings. The number of hydrogen-bond donors (Lipinski definition) is 1. The summed E-state index contributed by atoms with van der Waals surface area (Å²) in [4.78, 5) is 14.2. The second-order valence-electron chi connectivity index (χ2n) is 5.26. The molecule has 2 fully saturated rings. The SMILES string of the molecule is O=C(c1ccccc1Cl)N1CC2CCC(O)C2C1. The number of hydrogen-bond acceptors (Lipinski definition) is 2. The lowest BCUT2D eigenvalue weighted by Gasteiger charge is -2.19. The summed E-state index contributed by atoms with van der Waals surface area (Å²) in [6.45, 7) is 1.42. The lowest BCUT2D eigenvalue weighted by Crippen LogP contribution is -2.31. The van der Waals surface area contributed by atoms with Gasteiger partial charge in [-0.3, -0.25) is 4.79 Å². The van der Waals surface area contributed by atoms with E-state index in [1.165, 1.54) is 0 Å². The van der Waals surface area contributed by atoms with Gasteiger partial charge in [0.1, 0.15) is 0 Å². The number of aliphatic hydroxyl groups excluding tert-OH is 1. The molecule has 1 aromatic carbocycles. The van der Waals surface area contributed by atoms with E-state index in [1.807, 2.05) is 17.0 Å². The molecular weight excluding hydrogens is 250 g/mol. The van der Waals surface area contributed by atoms with E-state index in [0.29, 0.717) is 23.0 Å². The zero-order valence-electron chi connectivity index (χ0n) is 10.1. The highest BCUT2D eigenvalue weighted by atomic mass is 35.5. The van der Waals surface area contributed by atoms with Crippen molar-refractivity contribution in [2.75, 3.05) is 13.1 Å². The van der Waals surface area contributed by atoms with E-state index in [-0.39, 0.29) is 17.9 Å². The Hall–Kier alpha value is -1.06. The van der Waals surface area contributed by atoms with Gasteiger partial charge in [-0.1, -0.05) is 23.7 Å². The first kappa shape index (κ1) is 12.0. The minimum Gasteiger partial charge on any atom is -0.393 e. The molecule has 0 spiro atoms. The van der Waals surface area contributed by atoms with E-state index in [1.54, 1.807) is 12.1 Å². The van der Waals surface area contributed by atoms with Gasteiger partial charge in [0, 0.05) is 19.0 Å². The highest BCUT2D eigenvalue weighted by Gasteiger charge is 2.43. The van der Waals surface area contributed by atoms with Crippen LogP contribution in [0.2, 0.25) is 5.02 Å². The van der Waals surface area contributed by atoms with E-state index in [9.17, 15) is 9.90 Å². The molecule has 18 heavy (non-hydrogen) atoms. The van der Waals surface area contributed by atoms with Gasteiger partial charge in [0.2, 0.25) is 0 Å². The van der Waals surface area contributed by atoms with Crippen LogP contribution in [0.1, 0.15) is 23.2 Å².